The van der Waals surface area contributed by atoms with Crippen molar-refractivity contribution in [3.05, 3.63) is 21.9 Å². The van der Waals surface area contributed by atoms with Gasteiger partial charge in [0.15, 0.2) is 0 Å². The van der Waals surface area contributed by atoms with E-state index in [0.717, 1.165) is 13.0 Å². The maximum atomic E-state index is 11.2. The van der Waals surface area contributed by atoms with Crippen LogP contribution < -0.4 is 0 Å². The van der Waals surface area contributed by atoms with Gasteiger partial charge < -0.3 is 9.64 Å². The molecule has 2 rings (SSSR count). The Kier molecular flexibility index (Phi) is 2.22. The summed E-state index contributed by atoms with van der Waals surface area (Å²) < 4.78 is 4.67. The number of hydrogen-bond acceptors (Lipinski definition) is 3. The standard InChI is InChI=1S/C9H11NO2S/c1-12-9(11)10-4-2-8-7(6-10)3-5-13-8/h3,5H,2,4,6H2,1H3. The SMILES string of the molecule is COC(=O)N1CCc2sccc2C1. The molecule has 13 heavy (non-hydrogen) atoms. The molecular weight excluding hydrogens is 186 g/mol. The van der Waals surface area contributed by atoms with Crippen LogP contribution in [0.3, 0.4) is 0 Å². The fraction of sp³-hybridized carbons (Fsp3) is 0.444. The number of hydrogen-bond donors (Lipinski definition) is 0. The van der Waals surface area contributed by atoms with Crippen LogP contribution in [0, 0.1) is 0 Å². The number of nitrogens with zero attached hydrogens (tertiary/aromatic N) is 1. The molecule has 0 bridgehead atoms. The van der Waals surface area contributed by atoms with E-state index >= 15 is 0 Å². The van der Waals surface area contributed by atoms with Gasteiger partial charge in [-0.15, -0.1) is 11.3 Å². The lowest BCUT2D eigenvalue weighted by Gasteiger charge is -2.25. The van der Waals surface area contributed by atoms with E-state index in [0.29, 0.717) is 6.54 Å². The van der Waals surface area contributed by atoms with Gasteiger partial charge in [-0.3, -0.25) is 0 Å². The highest BCUT2D eigenvalue weighted by atomic mass is 32.1. The third kappa shape index (κ3) is 1.54. The maximum Gasteiger partial charge on any atom is 0.409 e. The highest BCUT2D eigenvalue weighted by Crippen LogP contribution is 2.23. The van der Waals surface area contributed by atoms with Crippen molar-refractivity contribution in [3.63, 3.8) is 0 Å². The topological polar surface area (TPSA) is 29.5 Å². The Morgan fingerprint density at radius 2 is 2.54 bits per heavy atom. The predicted molar refractivity (Wildman–Crippen MR) is 50.8 cm³/mol. The van der Waals surface area contributed by atoms with E-state index in [9.17, 15) is 4.79 Å². The minimum absolute atomic E-state index is 0.225. The zero-order chi connectivity index (χ0) is 9.26. The largest absolute Gasteiger partial charge is 0.453 e. The third-order valence-electron chi connectivity index (χ3n) is 2.24. The molecule has 0 N–H and O–H groups in total. The molecule has 0 aliphatic carbocycles. The summed E-state index contributed by atoms with van der Waals surface area (Å²) in [6.45, 7) is 1.48. The molecule has 2 heterocycles. The molecule has 0 unspecified atom stereocenters. The van der Waals surface area contributed by atoms with E-state index in [-0.39, 0.29) is 6.09 Å². The van der Waals surface area contributed by atoms with Crippen LogP contribution in [-0.4, -0.2) is 24.6 Å². The number of carbonyl (C=O) groups excluding carboxylic acids is 1. The molecule has 0 atom stereocenters. The van der Waals surface area contributed by atoms with Crippen LogP contribution >= 0.6 is 11.3 Å². The Balaban J connectivity index is 2.13. The van der Waals surface area contributed by atoms with Gasteiger partial charge >= 0.3 is 6.09 Å². The molecule has 1 aromatic rings. The Bertz CT molecular complexity index is 321. The number of amides is 1. The first-order valence-corrected chi connectivity index (χ1v) is 5.07. The summed E-state index contributed by atoms with van der Waals surface area (Å²) in [5.41, 5.74) is 1.27. The second-order valence-electron chi connectivity index (χ2n) is 3.01. The van der Waals surface area contributed by atoms with Crippen molar-refractivity contribution in [2.24, 2.45) is 0 Å². The highest BCUT2D eigenvalue weighted by Gasteiger charge is 2.21. The fourth-order valence-corrected chi connectivity index (χ4v) is 2.42. The Hall–Kier alpha value is -1.03. The fourth-order valence-electron chi connectivity index (χ4n) is 1.53. The van der Waals surface area contributed by atoms with E-state index in [1.54, 1.807) is 16.2 Å². The van der Waals surface area contributed by atoms with E-state index < -0.39 is 0 Å². The van der Waals surface area contributed by atoms with Gasteiger partial charge in [-0.05, 0) is 23.4 Å². The monoisotopic (exact) mass is 197 g/mol. The summed E-state index contributed by atoms with van der Waals surface area (Å²) in [6, 6.07) is 2.08. The van der Waals surface area contributed by atoms with Crippen LogP contribution in [0.25, 0.3) is 0 Å². The molecule has 1 aliphatic rings. The van der Waals surface area contributed by atoms with Crippen molar-refractivity contribution in [2.75, 3.05) is 13.7 Å². The normalized spacial score (nSPS) is 15.3. The Labute approximate surface area is 80.9 Å². The first-order valence-electron chi connectivity index (χ1n) is 4.19. The minimum Gasteiger partial charge on any atom is -0.453 e. The smallest absolute Gasteiger partial charge is 0.409 e. The summed E-state index contributed by atoms with van der Waals surface area (Å²) in [7, 11) is 1.42. The number of carbonyl (C=O) groups is 1. The lowest BCUT2D eigenvalue weighted by molar-refractivity contribution is 0.119. The van der Waals surface area contributed by atoms with Gasteiger partial charge in [0.2, 0.25) is 0 Å². The van der Waals surface area contributed by atoms with Crippen LogP contribution in [0.4, 0.5) is 4.79 Å². The highest BCUT2D eigenvalue weighted by molar-refractivity contribution is 7.10. The van der Waals surface area contributed by atoms with Gasteiger partial charge in [0.05, 0.1) is 13.7 Å². The summed E-state index contributed by atoms with van der Waals surface area (Å²) in [5, 5.41) is 2.07. The van der Waals surface area contributed by atoms with Gasteiger partial charge in [0.1, 0.15) is 0 Å². The Morgan fingerprint density at radius 1 is 1.69 bits per heavy atom. The molecule has 70 valence electrons. The van der Waals surface area contributed by atoms with Crippen molar-refractivity contribution in [2.45, 2.75) is 13.0 Å². The minimum atomic E-state index is -0.225. The van der Waals surface area contributed by atoms with Gasteiger partial charge in [-0.25, -0.2) is 4.79 Å². The van der Waals surface area contributed by atoms with Crippen molar-refractivity contribution in [1.82, 2.24) is 4.90 Å². The summed E-state index contributed by atoms with van der Waals surface area (Å²) in [6.07, 6.45) is 0.735. The summed E-state index contributed by atoms with van der Waals surface area (Å²) in [4.78, 5) is 14.3. The lowest BCUT2D eigenvalue weighted by atomic mass is 10.1. The molecule has 0 saturated carbocycles. The van der Waals surface area contributed by atoms with Crippen LogP contribution in [0.2, 0.25) is 0 Å². The molecule has 0 fully saturated rings. The molecule has 0 aromatic carbocycles. The molecule has 1 aromatic heterocycles. The van der Waals surface area contributed by atoms with Gasteiger partial charge in [0, 0.05) is 11.4 Å². The van der Waals surface area contributed by atoms with E-state index in [1.807, 2.05) is 0 Å². The summed E-state index contributed by atoms with van der Waals surface area (Å²) >= 11 is 1.77. The molecule has 0 radical (unpaired) electrons. The van der Waals surface area contributed by atoms with E-state index in [1.165, 1.54) is 17.6 Å². The zero-order valence-corrected chi connectivity index (χ0v) is 8.26. The summed E-state index contributed by atoms with van der Waals surface area (Å²) in [5.74, 6) is 0. The van der Waals surface area contributed by atoms with Crippen LogP contribution in [0.15, 0.2) is 11.4 Å². The molecular formula is C9H11NO2S. The molecule has 0 saturated heterocycles. The molecule has 4 heteroatoms. The van der Waals surface area contributed by atoms with Crippen molar-refractivity contribution in [3.8, 4) is 0 Å². The number of methoxy groups -OCH3 is 1. The van der Waals surface area contributed by atoms with E-state index in [4.69, 9.17) is 0 Å². The van der Waals surface area contributed by atoms with E-state index in [2.05, 4.69) is 16.2 Å². The third-order valence-corrected chi connectivity index (χ3v) is 3.26. The zero-order valence-electron chi connectivity index (χ0n) is 7.45. The van der Waals surface area contributed by atoms with Gasteiger partial charge in [-0.2, -0.15) is 0 Å². The molecule has 1 amide bonds. The number of fused-ring (bicyclic) bond motifs is 1. The average Bonchev–Trinajstić information content (AvgIpc) is 2.63. The van der Waals surface area contributed by atoms with Crippen LogP contribution in [-0.2, 0) is 17.7 Å². The van der Waals surface area contributed by atoms with Crippen LogP contribution in [0.1, 0.15) is 10.4 Å². The number of thiophene rings is 1. The lowest BCUT2D eigenvalue weighted by Crippen LogP contribution is -2.35. The van der Waals surface area contributed by atoms with Crippen LogP contribution in [0.5, 0.6) is 0 Å². The van der Waals surface area contributed by atoms with Crippen molar-refractivity contribution in [1.29, 1.82) is 0 Å². The maximum absolute atomic E-state index is 11.2. The first kappa shape index (κ1) is 8.56. The average molecular weight is 197 g/mol. The quantitative estimate of drug-likeness (QED) is 0.635. The van der Waals surface area contributed by atoms with Gasteiger partial charge in [0.25, 0.3) is 0 Å². The number of rotatable bonds is 0. The second-order valence-corrected chi connectivity index (χ2v) is 4.01. The van der Waals surface area contributed by atoms with Crippen molar-refractivity contribution >= 4 is 17.4 Å². The molecule has 1 aliphatic heterocycles. The number of ether oxygens (including phenoxy) is 1. The predicted octanol–water partition coefficient (Wildman–Crippen LogP) is 1.87. The first-order chi connectivity index (χ1) is 6.31. The van der Waals surface area contributed by atoms with Gasteiger partial charge in [-0.1, -0.05) is 0 Å². The Morgan fingerprint density at radius 3 is 3.31 bits per heavy atom. The molecule has 0 spiro atoms. The second kappa shape index (κ2) is 3.38. The molecule has 3 nitrogen and oxygen atoms in total. The van der Waals surface area contributed by atoms with Crippen molar-refractivity contribution < 1.29 is 9.53 Å².